The summed E-state index contributed by atoms with van der Waals surface area (Å²) in [6.45, 7) is 8.89. The molecule has 7 nitrogen and oxygen atoms in total. The number of carbonyl (C=O) groups excluding carboxylic acids is 1. The van der Waals surface area contributed by atoms with Crippen LogP contribution in [-0.2, 0) is 11.3 Å². The molecule has 4 rings (SSSR count). The van der Waals surface area contributed by atoms with E-state index >= 15 is 0 Å². The van der Waals surface area contributed by atoms with Crippen molar-refractivity contribution in [2.24, 2.45) is 0 Å². The highest BCUT2D eigenvalue weighted by atomic mass is 32.2. The molecule has 0 radical (unpaired) electrons. The van der Waals surface area contributed by atoms with Gasteiger partial charge in [0.2, 0.25) is 5.91 Å². The van der Waals surface area contributed by atoms with Gasteiger partial charge in [0.1, 0.15) is 15.3 Å². The number of benzene rings is 1. The minimum atomic E-state index is -0.328. The van der Waals surface area contributed by atoms with Gasteiger partial charge in [-0.2, -0.15) is 0 Å². The number of thioether (sulfide) groups is 1. The molecule has 9 heteroatoms. The molecular weight excluding hydrogens is 468 g/mol. The highest BCUT2D eigenvalue weighted by Gasteiger charge is 2.19. The van der Waals surface area contributed by atoms with Crippen molar-refractivity contribution in [1.29, 1.82) is 0 Å². The Morgan fingerprint density at radius 3 is 2.68 bits per heavy atom. The quantitative estimate of drug-likeness (QED) is 0.277. The number of thiophene rings is 1. The van der Waals surface area contributed by atoms with Gasteiger partial charge in [0.25, 0.3) is 5.56 Å². The van der Waals surface area contributed by atoms with Crippen LogP contribution in [-0.4, -0.2) is 38.3 Å². The number of hydrogen-bond donors (Lipinski definition) is 1. The number of pyridine rings is 1. The number of nitrogens with one attached hydrogen (secondary N) is 1. The maximum Gasteiger partial charge on any atom is 0.272 e. The number of ether oxygens (including phenoxy) is 1. The van der Waals surface area contributed by atoms with Gasteiger partial charge in [-0.1, -0.05) is 30.8 Å². The molecule has 0 aliphatic heterocycles. The number of rotatable bonds is 8. The average Bonchev–Trinajstić information content (AvgIpc) is 3.17. The van der Waals surface area contributed by atoms with Gasteiger partial charge >= 0.3 is 0 Å². The maximum atomic E-state index is 13.6. The summed E-state index contributed by atoms with van der Waals surface area (Å²) in [6, 6.07) is 11.5. The van der Waals surface area contributed by atoms with E-state index in [1.165, 1.54) is 23.1 Å². The van der Waals surface area contributed by atoms with Crippen molar-refractivity contribution >= 4 is 49.4 Å². The van der Waals surface area contributed by atoms with E-state index in [2.05, 4.69) is 17.2 Å². The largest absolute Gasteiger partial charge is 0.494 e. The fourth-order valence-electron chi connectivity index (χ4n) is 3.47. The number of aromatic nitrogens is 3. The van der Waals surface area contributed by atoms with E-state index in [0.717, 1.165) is 28.0 Å². The van der Waals surface area contributed by atoms with Gasteiger partial charge in [0, 0.05) is 17.1 Å². The molecule has 0 aliphatic rings. The fraction of sp³-hybridized carbons (Fsp3) is 0.360. The Bertz CT molecular complexity index is 1370. The average molecular weight is 497 g/mol. The summed E-state index contributed by atoms with van der Waals surface area (Å²) in [6.07, 6.45) is 2.65. The second-order valence-electron chi connectivity index (χ2n) is 9.00. The lowest BCUT2D eigenvalue weighted by Crippen LogP contribution is -2.41. The molecule has 3 heterocycles. The van der Waals surface area contributed by atoms with E-state index in [-0.39, 0.29) is 22.8 Å². The first kappa shape index (κ1) is 24.2. The SMILES string of the molecule is CCCOc1ccc(Cn2c(SCC(=O)NC(C)(C)C)nc3c(sc4ncccc43)c2=O)cc1. The molecule has 1 N–H and O–H groups in total. The number of hydrogen-bond acceptors (Lipinski definition) is 7. The predicted molar refractivity (Wildman–Crippen MR) is 139 cm³/mol. The van der Waals surface area contributed by atoms with E-state index in [4.69, 9.17) is 9.72 Å². The first-order valence-electron chi connectivity index (χ1n) is 11.2. The van der Waals surface area contributed by atoms with E-state index in [1.807, 2.05) is 57.2 Å². The number of nitrogens with zero attached hydrogens (tertiary/aromatic N) is 3. The van der Waals surface area contributed by atoms with Crippen molar-refractivity contribution in [1.82, 2.24) is 19.9 Å². The second kappa shape index (κ2) is 10.1. The summed E-state index contributed by atoms with van der Waals surface area (Å²) in [7, 11) is 0. The Hall–Kier alpha value is -2.91. The van der Waals surface area contributed by atoms with Crippen molar-refractivity contribution in [3.8, 4) is 5.75 Å². The van der Waals surface area contributed by atoms with E-state index in [0.29, 0.717) is 28.5 Å². The van der Waals surface area contributed by atoms with Crippen molar-refractivity contribution in [2.45, 2.75) is 51.4 Å². The van der Waals surface area contributed by atoms with Gasteiger partial charge in [0.05, 0.1) is 24.4 Å². The molecule has 34 heavy (non-hydrogen) atoms. The van der Waals surface area contributed by atoms with Crippen LogP contribution in [0.15, 0.2) is 52.5 Å². The lowest BCUT2D eigenvalue weighted by molar-refractivity contribution is -0.119. The van der Waals surface area contributed by atoms with Crippen LogP contribution in [0.3, 0.4) is 0 Å². The molecule has 178 valence electrons. The topological polar surface area (TPSA) is 86.1 Å². The lowest BCUT2D eigenvalue weighted by atomic mass is 10.1. The Balaban J connectivity index is 1.71. The normalized spacial score (nSPS) is 11.8. The highest BCUT2D eigenvalue weighted by Crippen LogP contribution is 2.30. The molecule has 0 spiro atoms. The third-order valence-electron chi connectivity index (χ3n) is 4.90. The highest BCUT2D eigenvalue weighted by molar-refractivity contribution is 7.99. The zero-order valence-corrected chi connectivity index (χ0v) is 21.4. The van der Waals surface area contributed by atoms with E-state index < -0.39 is 0 Å². The van der Waals surface area contributed by atoms with Crippen LogP contribution in [0, 0.1) is 0 Å². The van der Waals surface area contributed by atoms with Crippen LogP contribution in [0.2, 0.25) is 0 Å². The van der Waals surface area contributed by atoms with Crippen LogP contribution in [0.4, 0.5) is 0 Å². The standard InChI is InChI=1S/C25H28N4O3S2/c1-5-13-32-17-10-8-16(9-11-17)14-29-23(31)21-20(18-7-6-12-26-22(18)34-21)27-24(29)33-15-19(30)28-25(2,3)4/h6-12H,5,13-15H2,1-4H3,(H,28,30). The zero-order valence-electron chi connectivity index (χ0n) is 19.8. The van der Waals surface area contributed by atoms with Gasteiger partial charge in [-0.05, 0) is 57.0 Å². The first-order chi connectivity index (χ1) is 16.2. The Labute approximate surface area is 206 Å². The van der Waals surface area contributed by atoms with Crippen molar-refractivity contribution < 1.29 is 9.53 Å². The van der Waals surface area contributed by atoms with Crippen LogP contribution < -0.4 is 15.6 Å². The summed E-state index contributed by atoms with van der Waals surface area (Å²) < 4.78 is 7.89. The third kappa shape index (κ3) is 5.59. The monoisotopic (exact) mass is 496 g/mol. The molecule has 4 aromatic rings. The molecule has 0 saturated carbocycles. The van der Waals surface area contributed by atoms with E-state index in [9.17, 15) is 9.59 Å². The predicted octanol–water partition coefficient (Wildman–Crippen LogP) is 4.85. The minimum Gasteiger partial charge on any atom is -0.494 e. The molecule has 0 fully saturated rings. The summed E-state index contributed by atoms with van der Waals surface area (Å²) in [5, 5.41) is 4.32. The number of fused-ring (bicyclic) bond motifs is 3. The molecule has 0 bridgehead atoms. The van der Waals surface area contributed by atoms with Gasteiger partial charge in [-0.25, -0.2) is 9.97 Å². The van der Waals surface area contributed by atoms with Crippen LogP contribution in [0.1, 0.15) is 39.7 Å². The summed E-state index contributed by atoms with van der Waals surface area (Å²) in [5.41, 5.74) is 1.13. The number of carbonyl (C=O) groups is 1. The first-order valence-corrected chi connectivity index (χ1v) is 13.0. The van der Waals surface area contributed by atoms with Crippen LogP contribution in [0.5, 0.6) is 5.75 Å². The van der Waals surface area contributed by atoms with Crippen molar-refractivity contribution in [3.63, 3.8) is 0 Å². The molecule has 1 aromatic carbocycles. The summed E-state index contributed by atoms with van der Waals surface area (Å²) in [4.78, 5) is 36.1. The molecule has 3 aromatic heterocycles. The smallest absolute Gasteiger partial charge is 0.272 e. The van der Waals surface area contributed by atoms with E-state index in [1.54, 1.807) is 10.8 Å². The Morgan fingerprint density at radius 1 is 1.21 bits per heavy atom. The van der Waals surface area contributed by atoms with Crippen LogP contribution in [0.25, 0.3) is 20.4 Å². The van der Waals surface area contributed by atoms with Gasteiger partial charge in [0.15, 0.2) is 5.16 Å². The lowest BCUT2D eigenvalue weighted by Gasteiger charge is -2.20. The molecule has 0 aliphatic carbocycles. The Morgan fingerprint density at radius 2 is 1.97 bits per heavy atom. The maximum absolute atomic E-state index is 13.6. The third-order valence-corrected chi connectivity index (χ3v) is 6.97. The molecule has 0 atom stereocenters. The van der Waals surface area contributed by atoms with Crippen molar-refractivity contribution in [2.75, 3.05) is 12.4 Å². The molecular formula is C25H28N4O3S2. The zero-order chi connectivity index (χ0) is 24.3. The minimum absolute atomic E-state index is 0.104. The molecule has 0 saturated heterocycles. The summed E-state index contributed by atoms with van der Waals surface area (Å²) in [5.74, 6) is 0.863. The second-order valence-corrected chi connectivity index (χ2v) is 10.9. The summed E-state index contributed by atoms with van der Waals surface area (Å²) >= 11 is 2.62. The van der Waals surface area contributed by atoms with Gasteiger partial charge < -0.3 is 10.1 Å². The van der Waals surface area contributed by atoms with Gasteiger partial charge in [-0.3, -0.25) is 14.2 Å². The van der Waals surface area contributed by atoms with Gasteiger partial charge in [-0.15, -0.1) is 11.3 Å². The molecule has 1 amide bonds. The molecule has 0 unspecified atom stereocenters. The Kier molecular flexibility index (Phi) is 7.23. The van der Waals surface area contributed by atoms with Crippen LogP contribution >= 0.6 is 23.1 Å². The fourth-order valence-corrected chi connectivity index (χ4v) is 5.29. The van der Waals surface area contributed by atoms with Crippen molar-refractivity contribution in [3.05, 3.63) is 58.5 Å². The number of amides is 1.